The van der Waals surface area contributed by atoms with Gasteiger partial charge >= 0.3 is 6.09 Å². The van der Waals surface area contributed by atoms with E-state index < -0.39 is 12.0 Å². The number of fused-ring (bicyclic) bond motifs is 4. The van der Waals surface area contributed by atoms with Gasteiger partial charge in [-0.3, -0.25) is 24.7 Å². The van der Waals surface area contributed by atoms with Crippen molar-refractivity contribution < 1.29 is 23.9 Å². The molecule has 0 spiro atoms. The number of halogens is 1. The first kappa shape index (κ1) is 31.5. The molecule has 1 aromatic heterocycles. The Balaban J connectivity index is 1.43. The molecule has 0 saturated carbocycles. The number of nitrogens with zero attached hydrogens (tertiary/aromatic N) is 2. The fraction of sp³-hybridized carbons (Fsp3) is 0.344. The van der Waals surface area contributed by atoms with E-state index in [0.29, 0.717) is 66.4 Å². The molecule has 0 aliphatic carbocycles. The number of nitrogens with one attached hydrogen (secondary N) is 3. The van der Waals surface area contributed by atoms with Gasteiger partial charge in [0.15, 0.2) is 0 Å². The van der Waals surface area contributed by atoms with Crippen LogP contribution in [0, 0.1) is 6.92 Å². The number of pyridine rings is 1. The van der Waals surface area contributed by atoms with Crippen molar-refractivity contribution in [3.05, 3.63) is 71.0 Å². The number of hydrogen-bond donors (Lipinski definition) is 3. The van der Waals surface area contributed by atoms with E-state index in [1.54, 1.807) is 48.5 Å². The Labute approximate surface area is 256 Å². The summed E-state index contributed by atoms with van der Waals surface area (Å²) < 4.78 is 5.32. The fourth-order valence-electron chi connectivity index (χ4n) is 5.04. The maximum Gasteiger partial charge on any atom is 0.411 e. The van der Waals surface area contributed by atoms with Crippen molar-refractivity contribution in [1.82, 2.24) is 9.88 Å². The van der Waals surface area contributed by atoms with Crippen molar-refractivity contribution in [3.63, 3.8) is 0 Å². The predicted octanol–water partition coefficient (Wildman–Crippen LogP) is 6.36. The minimum absolute atomic E-state index is 0.0688. The number of rotatable bonds is 8. The number of ether oxygens (including phenoxy) is 1. The van der Waals surface area contributed by atoms with Gasteiger partial charge in [-0.05, 0) is 79.8 Å². The monoisotopic (exact) mass is 605 g/mol. The molecular weight excluding hydrogens is 570 g/mol. The lowest BCUT2D eigenvalue weighted by atomic mass is 9.93. The third-order valence-corrected chi connectivity index (χ3v) is 7.57. The van der Waals surface area contributed by atoms with E-state index in [9.17, 15) is 19.2 Å². The highest BCUT2D eigenvalue weighted by atomic mass is 35.5. The second-order valence-corrected chi connectivity index (χ2v) is 11.0. The number of benzene rings is 2. The standard InChI is InChI=1S/C32H36ClN5O5/c1-21-17-23(33)9-12-27(21)37-32(42)43-16-6-15-38(2)31(41)26-7-4-3-5-8-30(40)36-29-19-24(35-20-39)10-11-25(29)22-13-14-34-28(26)18-22/h9-14,17-20,26H,3-8,15-16H2,1-2H3,(H,35,39)(H,36,40)(H,37,42). The first-order chi connectivity index (χ1) is 20.7. The van der Waals surface area contributed by atoms with E-state index in [4.69, 9.17) is 16.3 Å². The third-order valence-electron chi connectivity index (χ3n) is 7.34. The van der Waals surface area contributed by atoms with Crippen LogP contribution in [0.3, 0.4) is 0 Å². The summed E-state index contributed by atoms with van der Waals surface area (Å²) in [5, 5.41) is 8.89. The molecule has 0 radical (unpaired) electrons. The zero-order valence-corrected chi connectivity index (χ0v) is 25.1. The quantitative estimate of drug-likeness (QED) is 0.202. The summed E-state index contributed by atoms with van der Waals surface area (Å²) in [6.07, 6.45) is 5.33. The van der Waals surface area contributed by atoms with Crippen LogP contribution in [0.25, 0.3) is 11.1 Å². The van der Waals surface area contributed by atoms with E-state index in [1.165, 1.54) is 0 Å². The Hall–Kier alpha value is -4.44. The van der Waals surface area contributed by atoms with Crippen molar-refractivity contribution in [2.24, 2.45) is 0 Å². The van der Waals surface area contributed by atoms with Gasteiger partial charge in [-0.25, -0.2) is 4.79 Å². The first-order valence-corrected chi connectivity index (χ1v) is 14.7. The van der Waals surface area contributed by atoms with E-state index in [1.807, 2.05) is 25.1 Å². The lowest BCUT2D eigenvalue weighted by Gasteiger charge is -2.24. The summed E-state index contributed by atoms with van der Waals surface area (Å²) in [6.45, 7) is 2.39. The molecule has 11 heteroatoms. The van der Waals surface area contributed by atoms with Gasteiger partial charge in [-0.15, -0.1) is 0 Å². The lowest BCUT2D eigenvalue weighted by molar-refractivity contribution is -0.132. The molecule has 3 aromatic rings. The minimum atomic E-state index is -0.571. The van der Waals surface area contributed by atoms with E-state index in [2.05, 4.69) is 20.9 Å². The maximum absolute atomic E-state index is 13.7. The molecule has 1 aliphatic heterocycles. The van der Waals surface area contributed by atoms with Crippen LogP contribution in [0.2, 0.25) is 5.02 Å². The summed E-state index contributed by atoms with van der Waals surface area (Å²) in [5.74, 6) is -0.642. The van der Waals surface area contributed by atoms with E-state index in [0.717, 1.165) is 29.5 Å². The average Bonchev–Trinajstić information content (AvgIpc) is 2.99. The smallest absolute Gasteiger partial charge is 0.411 e. The van der Waals surface area contributed by atoms with E-state index in [-0.39, 0.29) is 18.4 Å². The second-order valence-electron chi connectivity index (χ2n) is 10.5. The molecule has 1 aliphatic rings. The number of likely N-dealkylation sites (N-methyl/N-ethyl adjacent to an activating group) is 1. The highest BCUT2D eigenvalue weighted by Gasteiger charge is 2.26. The molecule has 3 N–H and O–H groups in total. The number of anilines is 3. The minimum Gasteiger partial charge on any atom is -0.449 e. The summed E-state index contributed by atoms with van der Waals surface area (Å²) >= 11 is 5.97. The Bertz CT molecular complexity index is 1480. The maximum atomic E-state index is 13.7. The number of carbonyl (C=O) groups is 4. The Morgan fingerprint density at radius 3 is 2.77 bits per heavy atom. The van der Waals surface area contributed by atoms with Crippen LogP contribution in [0.5, 0.6) is 0 Å². The molecular formula is C32H36ClN5O5. The van der Waals surface area contributed by atoms with Gasteiger partial charge in [0.2, 0.25) is 18.2 Å². The molecule has 2 bridgehead atoms. The van der Waals surface area contributed by atoms with Gasteiger partial charge in [-0.2, -0.15) is 0 Å². The van der Waals surface area contributed by atoms with Gasteiger partial charge in [0, 0.05) is 48.2 Å². The van der Waals surface area contributed by atoms with Crippen molar-refractivity contribution in [2.45, 2.75) is 51.4 Å². The van der Waals surface area contributed by atoms with Crippen LogP contribution in [0.15, 0.2) is 54.7 Å². The number of aromatic nitrogens is 1. The SMILES string of the molecule is Cc1cc(Cl)ccc1NC(=O)OCCCN(C)C(=O)C1CCCCCC(=O)Nc2cc(NC=O)ccc2-c2ccnc1c2. The molecule has 4 rings (SSSR count). The molecule has 1 unspecified atom stereocenters. The molecule has 226 valence electrons. The number of aryl methyl sites for hydroxylation is 1. The Morgan fingerprint density at radius 1 is 1.14 bits per heavy atom. The summed E-state index contributed by atoms with van der Waals surface area (Å²) in [4.78, 5) is 55.8. The number of hydrogen-bond acceptors (Lipinski definition) is 6. The predicted molar refractivity (Wildman–Crippen MR) is 167 cm³/mol. The van der Waals surface area contributed by atoms with Crippen LogP contribution in [0.1, 0.15) is 55.7 Å². The van der Waals surface area contributed by atoms with Crippen molar-refractivity contribution in [1.29, 1.82) is 0 Å². The molecule has 1 atom stereocenters. The van der Waals surface area contributed by atoms with Crippen molar-refractivity contribution >= 4 is 53.0 Å². The first-order valence-electron chi connectivity index (χ1n) is 14.3. The highest BCUT2D eigenvalue weighted by Crippen LogP contribution is 2.34. The summed E-state index contributed by atoms with van der Waals surface area (Å²) in [7, 11) is 1.74. The lowest BCUT2D eigenvalue weighted by Crippen LogP contribution is -2.33. The largest absolute Gasteiger partial charge is 0.449 e. The topological polar surface area (TPSA) is 130 Å². The zero-order valence-electron chi connectivity index (χ0n) is 24.3. The fourth-order valence-corrected chi connectivity index (χ4v) is 5.27. The number of carbonyl (C=O) groups excluding carboxylic acids is 4. The third kappa shape index (κ3) is 8.78. The highest BCUT2D eigenvalue weighted by molar-refractivity contribution is 6.30. The van der Waals surface area contributed by atoms with E-state index >= 15 is 0 Å². The van der Waals surface area contributed by atoms with Crippen molar-refractivity contribution in [2.75, 3.05) is 36.1 Å². The van der Waals surface area contributed by atoms with Crippen LogP contribution in [0.4, 0.5) is 21.9 Å². The van der Waals surface area contributed by atoms with Crippen LogP contribution >= 0.6 is 11.6 Å². The zero-order chi connectivity index (χ0) is 30.8. The van der Waals surface area contributed by atoms with Gasteiger partial charge in [0.25, 0.3) is 0 Å². The van der Waals surface area contributed by atoms with Gasteiger partial charge < -0.3 is 20.3 Å². The van der Waals surface area contributed by atoms with Gasteiger partial charge in [0.05, 0.1) is 23.9 Å². The number of amides is 4. The van der Waals surface area contributed by atoms with Gasteiger partial charge in [0.1, 0.15) is 0 Å². The molecule has 0 fully saturated rings. The summed E-state index contributed by atoms with van der Waals surface area (Å²) in [5.41, 5.74) is 4.79. The van der Waals surface area contributed by atoms with Gasteiger partial charge in [-0.1, -0.05) is 30.5 Å². The molecule has 2 heterocycles. The van der Waals surface area contributed by atoms with Crippen LogP contribution in [-0.2, 0) is 19.1 Å². The second kappa shape index (κ2) is 15.2. The van der Waals surface area contributed by atoms with Crippen LogP contribution in [-0.4, -0.2) is 54.4 Å². The average molecular weight is 606 g/mol. The van der Waals surface area contributed by atoms with Crippen molar-refractivity contribution in [3.8, 4) is 11.1 Å². The normalized spacial score (nSPS) is 15.0. The molecule has 43 heavy (non-hydrogen) atoms. The molecule has 10 nitrogen and oxygen atoms in total. The summed E-state index contributed by atoms with van der Waals surface area (Å²) in [6, 6.07) is 14.2. The molecule has 2 aromatic carbocycles. The Morgan fingerprint density at radius 2 is 1.98 bits per heavy atom. The Kier molecular flexibility index (Phi) is 11.1. The molecule has 4 amide bonds. The van der Waals surface area contributed by atoms with Crippen LogP contribution < -0.4 is 16.0 Å². The molecule has 0 saturated heterocycles.